The standard InChI is InChI=1S/C20H29N3O6S/c1-13(17(24)22-15-5-7-16(8-6-15)30(21,27)28)29-18(25)14-9-11-23(12-10-14)19(26)20(2,3)4/h5-8,13-14H,9-12H2,1-4H3,(H,22,24)(H2,21,27,28)/t13-/m0/s1. The first-order valence-electron chi connectivity index (χ1n) is 9.72. The second-order valence-electron chi connectivity index (χ2n) is 8.45. The van der Waals surface area contributed by atoms with Crippen LogP contribution in [-0.4, -0.2) is 50.3 Å². The summed E-state index contributed by atoms with van der Waals surface area (Å²) in [6.07, 6.45) is -0.0433. The lowest BCUT2D eigenvalue weighted by atomic mass is 9.91. The van der Waals surface area contributed by atoms with Gasteiger partial charge in [0, 0.05) is 24.2 Å². The molecule has 30 heavy (non-hydrogen) atoms. The molecule has 2 rings (SSSR count). The van der Waals surface area contributed by atoms with Gasteiger partial charge >= 0.3 is 5.97 Å². The Bertz CT molecular complexity index is 897. The number of nitrogens with two attached hydrogens (primary N) is 1. The molecule has 0 saturated carbocycles. The summed E-state index contributed by atoms with van der Waals surface area (Å²) in [5.41, 5.74) is -0.115. The number of likely N-dealkylation sites (tertiary alicyclic amines) is 1. The number of carbonyl (C=O) groups is 3. The molecule has 1 aromatic carbocycles. The second-order valence-corrected chi connectivity index (χ2v) is 10.0. The number of rotatable bonds is 5. The zero-order valence-electron chi connectivity index (χ0n) is 17.7. The number of carbonyl (C=O) groups excluding carboxylic acids is 3. The van der Waals surface area contributed by atoms with E-state index in [1.165, 1.54) is 31.2 Å². The molecule has 0 aliphatic carbocycles. The van der Waals surface area contributed by atoms with Crippen LogP contribution >= 0.6 is 0 Å². The molecule has 1 saturated heterocycles. The molecule has 9 nitrogen and oxygen atoms in total. The molecule has 1 heterocycles. The summed E-state index contributed by atoms with van der Waals surface area (Å²) < 4.78 is 27.8. The Kier molecular flexibility index (Phi) is 7.25. The molecule has 0 spiro atoms. The first kappa shape index (κ1) is 23.8. The number of hydrogen-bond donors (Lipinski definition) is 2. The monoisotopic (exact) mass is 439 g/mol. The average molecular weight is 440 g/mol. The lowest BCUT2D eigenvalue weighted by molar-refractivity contribution is -0.160. The van der Waals surface area contributed by atoms with Crippen LogP contribution in [0.3, 0.4) is 0 Å². The van der Waals surface area contributed by atoms with E-state index in [1.54, 1.807) is 4.90 Å². The number of anilines is 1. The average Bonchev–Trinajstić information content (AvgIpc) is 2.66. The minimum atomic E-state index is -3.82. The third-order valence-corrected chi connectivity index (χ3v) is 5.80. The molecule has 1 aliphatic rings. The topological polar surface area (TPSA) is 136 Å². The molecule has 0 unspecified atom stereocenters. The maximum Gasteiger partial charge on any atom is 0.309 e. The second kappa shape index (κ2) is 9.13. The van der Waals surface area contributed by atoms with E-state index in [2.05, 4.69) is 5.32 Å². The largest absolute Gasteiger partial charge is 0.452 e. The molecular weight excluding hydrogens is 410 g/mol. The van der Waals surface area contributed by atoms with Crippen molar-refractivity contribution in [1.82, 2.24) is 4.90 Å². The number of ether oxygens (including phenoxy) is 1. The van der Waals surface area contributed by atoms with Crippen LogP contribution in [0.2, 0.25) is 0 Å². The third-order valence-electron chi connectivity index (χ3n) is 4.87. The van der Waals surface area contributed by atoms with Crippen molar-refractivity contribution in [2.24, 2.45) is 16.5 Å². The Morgan fingerprint density at radius 2 is 1.67 bits per heavy atom. The predicted octanol–water partition coefficient (Wildman–Crippen LogP) is 1.49. The summed E-state index contributed by atoms with van der Waals surface area (Å²) >= 11 is 0. The molecule has 1 aromatic rings. The summed E-state index contributed by atoms with van der Waals surface area (Å²) in [4.78, 5) is 38.7. The first-order valence-corrected chi connectivity index (χ1v) is 11.3. The van der Waals surface area contributed by atoms with Gasteiger partial charge in [-0.05, 0) is 44.0 Å². The van der Waals surface area contributed by atoms with Crippen molar-refractivity contribution in [2.45, 2.75) is 51.5 Å². The van der Waals surface area contributed by atoms with Crippen molar-refractivity contribution in [1.29, 1.82) is 0 Å². The van der Waals surface area contributed by atoms with E-state index in [1.807, 2.05) is 20.8 Å². The van der Waals surface area contributed by atoms with E-state index in [-0.39, 0.29) is 16.7 Å². The Balaban J connectivity index is 1.85. The summed E-state index contributed by atoms with van der Waals surface area (Å²) in [7, 11) is -3.82. The number of nitrogens with one attached hydrogen (secondary N) is 1. The Morgan fingerprint density at radius 1 is 1.13 bits per heavy atom. The SMILES string of the molecule is C[C@H](OC(=O)C1CCN(C(=O)C(C)(C)C)CC1)C(=O)Nc1ccc(S(N)(=O)=O)cc1. The van der Waals surface area contributed by atoms with Gasteiger partial charge in [0.05, 0.1) is 10.8 Å². The molecular formula is C20H29N3O6S. The lowest BCUT2D eigenvalue weighted by Gasteiger charge is -2.35. The van der Waals surface area contributed by atoms with Crippen LogP contribution in [0.4, 0.5) is 5.69 Å². The van der Waals surface area contributed by atoms with Crippen molar-refractivity contribution in [2.75, 3.05) is 18.4 Å². The van der Waals surface area contributed by atoms with Crippen LogP contribution in [0.15, 0.2) is 29.2 Å². The van der Waals surface area contributed by atoms with Crippen LogP contribution in [-0.2, 0) is 29.1 Å². The van der Waals surface area contributed by atoms with Crippen LogP contribution in [0, 0.1) is 11.3 Å². The number of esters is 1. The minimum Gasteiger partial charge on any atom is -0.452 e. The summed E-state index contributed by atoms with van der Waals surface area (Å²) in [6, 6.07) is 5.34. The van der Waals surface area contributed by atoms with Gasteiger partial charge in [-0.1, -0.05) is 20.8 Å². The molecule has 0 aromatic heterocycles. The van der Waals surface area contributed by atoms with Gasteiger partial charge in [0.1, 0.15) is 0 Å². The van der Waals surface area contributed by atoms with Crippen molar-refractivity contribution in [3.63, 3.8) is 0 Å². The molecule has 0 bridgehead atoms. The first-order chi connectivity index (χ1) is 13.8. The highest BCUT2D eigenvalue weighted by atomic mass is 32.2. The van der Waals surface area contributed by atoms with Crippen molar-refractivity contribution in [3.8, 4) is 0 Å². The van der Waals surface area contributed by atoms with Crippen LogP contribution in [0.1, 0.15) is 40.5 Å². The van der Waals surface area contributed by atoms with Gasteiger partial charge in [-0.15, -0.1) is 0 Å². The Morgan fingerprint density at radius 3 is 2.13 bits per heavy atom. The fraction of sp³-hybridized carbons (Fsp3) is 0.550. The number of primary sulfonamides is 1. The van der Waals surface area contributed by atoms with Crippen molar-refractivity contribution < 1.29 is 27.5 Å². The van der Waals surface area contributed by atoms with E-state index in [4.69, 9.17) is 9.88 Å². The Hall–Kier alpha value is -2.46. The smallest absolute Gasteiger partial charge is 0.309 e. The van der Waals surface area contributed by atoms with E-state index < -0.39 is 33.4 Å². The van der Waals surface area contributed by atoms with Gasteiger partial charge < -0.3 is 15.0 Å². The molecule has 0 radical (unpaired) electrons. The minimum absolute atomic E-state index is 0.0514. The fourth-order valence-corrected chi connectivity index (χ4v) is 3.60. The third kappa shape index (κ3) is 6.27. The number of nitrogens with zero attached hydrogens (tertiary/aromatic N) is 1. The zero-order chi connectivity index (χ0) is 22.7. The van der Waals surface area contributed by atoms with E-state index in [9.17, 15) is 22.8 Å². The number of benzene rings is 1. The lowest BCUT2D eigenvalue weighted by Crippen LogP contribution is -2.45. The number of amides is 2. The number of sulfonamides is 1. The maximum atomic E-state index is 12.4. The molecule has 166 valence electrons. The predicted molar refractivity (Wildman–Crippen MR) is 111 cm³/mol. The molecule has 1 fully saturated rings. The highest BCUT2D eigenvalue weighted by Crippen LogP contribution is 2.24. The van der Waals surface area contributed by atoms with E-state index in [0.717, 1.165) is 0 Å². The van der Waals surface area contributed by atoms with Crippen LogP contribution in [0.25, 0.3) is 0 Å². The van der Waals surface area contributed by atoms with Gasteiger partial charge in [0.25, 0.3) is 5.91 Å². The van der Waals surface area contributed by atoms with Gasteiger partial charge in [-0.3, -0.25) is 14.4 Å². The van der Waals surface area contributed by atoms with Crippen LogP contribution < -0.4 is 10.5 Å². The van der Waals surface area contributed by atoms with Crippen molar-refractivity contribution >= 4 is 33.5 Å². The quantitative estimate of drug-likeness (QED) is 0.667. The molecule has 10 heteroatoms. The maximum absolute atomic E-state index is 12.4. The van der Waals surface area contributed by atoms with Gasteiger partial charge in [-0.2, -0.15) is 0 Å². The van der Waals surface area contributed by atoms with E-state index >= 15 is 0 Å². The van der Waals surface area contributed by atoms with Gasteiger partial charge in [0.15, 0.2) is 6.10 Å². The van der Waals surface area contributed by atoms with Crippen molar-refractivity contribution in [3.05, 3.63) is 24.3 Å². The molecule has 1 aliphatic heterocycles. The summed E-state index contributed by atoms with van der Waals surface area (Å²) in [6.45, 7) is 8.00. The molecule has 2 amide bonds. The number of piperidine rings is 1. The fourth-order valence-electron chi connectivity index (χ4n) is 3.09. The summed E-state index contributed by atoms with van der Waals surface area (Å²) in [5.74, 6) is -1.31. The normalized spacial score (nSPS) is 16.6. The molecule has 3 N–H and O–H groups in total. The summed E-state index contributed by atoms with van der Waals surface area (Å²) in [5, 5.41) is 7.60. The van der Waals surface area contributed by atoms with Gasteiger partial charge in [0.2, 0.25) is 15.9 Å². The van der Waals surface area contributed by atoms with E-state index in [0.29, 0.717) is 31.6 Å². The van der Waals surface area contributed by atoms with Crippen LogP contribution in [0.5, 0.6) is 0 Å². The highest BCUT2D eigenvalue weighted by Gasteiger charge is 2.34. The number of hydrogen-bond acceptors (Lipinski definition) is 6. The molecule has 1 atom stereocenters. The highest BCUT2D eigenvalue weighted by molar-refractivity contribution is 7.89. The van der Waals surface area contributed by atoms with Gasteiger partial charge in [-0.25, -0.2) is 13.6 Å². The zero-order valence-corrected chi connectivity index (χ0v) is 18.5. The Labute approximate surface area is 177 Å².